The first-order valence-corrected chi connectivity index (χ1v) is 15.5. The summed E-state index contributed by atoms with van der Waals surface area (Å²) in [6.07, 6.45) is 1.38. The van der Waals surface area contributed by atoms with Gasteiger partial charge >= 0.3 is 0 Å². The highest BCUT2D eigenvalue weighted by Gasteiger charge is 2.27. The molecule has 3 N–H and O–H groups in total. The number of carbonyl (C=O) groups excluding carboxylic acids is 3. The fourth-order valence-electron chi connectivity index (χ4n) is 4.01. The molecule has 3 amide bonds. The van der Waals surface area contributed by atoms with Gasteiger partial charge in [-0.1, -0.05) is 17.7 Å². The number of hydrogen-bond acceptors (Lipinski definition) is 8. The van der Waals surface area contributed by atoms with Gasteiger partial charge in [-0.05, 0) is 96.6 Å². The van der Waals surface area contributed by atoms with E-state index in [4.69, 9.17) is 21.1 Å². The van der Waals surface area contributed by atoms with Crippen LogP contribution in [0.5, 0.6) is 11.5 Å². The van der Waals surface area contributed by atoms with Crippen molar-refractivity contribution < 1.29 is 32.3 Å². The topological polar surface area (TPSA) is 155 Å². The molecule has 0 fully saturated rings. The van der Waals surface area contributed by atoms with Crippen molar-refractivity contribution in [2.75, 3.05) is 35.2 Å². The number of sulfonamides is 1. The maximum absolute atomic E-state index is 13.6. The number of hydrazone groups is 1. The van der Waals surface area contributed by atoms with Crippen LogP contribution in [0.1, 0.15) is 12.5 Å². The van der Waals surface area contributed by atoms with Gasteiger partial charge in [0.1, 0.15) is 18.0 Å². The van der Waals surface area contributed by atoms with Gasteiger partial charge in [-0.3, -0.25) is 18.7 Å². The lowest BCUT2D eigenvalue weighted by molar-refractivity contribution is -0.119. The average molecular weight is 664 g/mol. The van der Waals surface area contributed by atoms with Crippen LogP contribution in [0.3, 0.4) is 0 Å². The van der Waals surface area contributed by atoms with E-state index in [-0.39, 0.29) is 29.0 Å². The van der Waals surface area contributed by atoms with Crippen molar-refractivity contribution in [2.24, 2.45) is 5.10 Å². The van der Waals surface area contributed by atoms with E-state index >= 15 is 0 Å². The van der Waals surface area contributed by atoms with E-state index in [1.54, 1.807) is 60.7 Å². The number of carbonyl (C=O) groups is 3. The largest absolute Gasteiger partial charge is 0.497 e. The highest BCUT2D eigenvalue weighted by Crippen LogP contribution is 2.26. The highest BCUT2D eigenvalue weighted by atomic mass is 35.5. The number of halogens is 1. The fourth-order valence-corrected chi connectivity index (χ4v) is 5.62. The Kier molecular flexibility index (Phi) is 11.3. The van der Waals surface area contributed by atoms with Gasteiger partial charge in [-0.15, -0.1) is 0 Å². The van der Waals surface area contributed by atoms with Crippen LogP contribution >= 0.6 is 11.6 Å². The standard InChI is InChI=1S/C32H30ClN5O7S/c1-22(39)35-25-8-16-30(17-9-25)46(42,43)38(27-10-14-28(44-2)15-11-27)20-31(40)37-34-19-23-6-12-29(13-7-23)45-21-32(41)36-26-5-3-4-24(33)18-26/h3-19H,20-21H2,1-2H3,(H,35,39)(H,36,41)(H,37,40)/b34-19-. The van der Waals surface area contributed by atoms with Crippen molar-refractivity contribution in [2.45, 2.75) is 11.8 Å². The zero-order valence-corrected chi connectivity index (χ0v) is 26.3. The van der Waals surface area contributed by atoms with Crippen molar-refractivity contribution in [1.82, 2.24) is 5.43 Å². The molecule has 4 aromatic carbocycles. The molecule has 0 heterocycles. The molecule has 0 radical (unpaired) electrons. The van der Waals surface area contributed by atoms with Crippen molar-refractivity contribution in [3.8, 4) is 11.5 Å². The van der Waals surface area contributed by atoms with Gasteiger partial charge in [0.15, 0.2) is 6.61 Å². The van der Waals surface area contributed by atoms with Gasteiger partial charge in [0.2, 0.25) is 5.91 Å². The van der Waals surface area contributed by atoms with E-state index in [1.165, 1.54) is 56.6 Å². The second kappa shape index (κ2) is 15.5. The summed E-state index contributed by atoms with van der Waals surface area (Å²) in [5.74, 6) is -0.411. The third kappa shape index (κ3) is 9.55. The first-order valence-electron chi connectivity index (χ1n) is 13.7. The van der Waals surface area contributed by atoms with Gasteiger partial charge < -0.3 is 20.1 Å². The van der Waals surface area contributed by atoms with E-state index < -0.39 is 22.5 Å². The van der Waals surface area contributed by atoms with Gasteiger partial charge in [0, 0.05) is 23.3 Å². The molecule has 0 spiro atoms. The lowest BCUT2D eigenvalue weighted by atomic mass is 10.2. The number of ether oxygens (including phenoxy) is 2. The molecule has 4 aromatic rings. The minimum atomic E-state index is -4.21. The molecular formula is C32H30ClN5O7S. The summed E-state index contributed by atoms with van der Waals surface area (Å²) in [7, 11) is -2.73. The summed E-state index contributed by atoms with van der Waals surface area (Å²) in [5, 5.41) is 9.71. The molecule has 4 rings (SSSR count). The summed E-state index contributed by atoms with van der Waals surface area (Å²) >= 11 is 5.93. The summed E-state index contributed by atoms with van der Waals surface area (Å²) in [5.41, 5.74) is 4.16. The van der Waals surface area contributed by atoms with Gasteiger partial charge in [0.25, 0.3) is 21.8 Å². The minimum absolute atomic E-state index is 0.0852. The lowest BCUT2D eigenvalue weighted by Gasteiger charge is -2.24. The van der Waals surface area contributed by atoms with E-state index in [2.05, 4.69) is 21.2 Å². The Morgan fingerprint density at radius 2 is 1.52 bits per heavy atom. The Balaban J connectivity index is 1.38. The lowest BCUT2D eigenvalue weighted by Crippen LogP contribution is -2.39. The van der Waals surface area contributed by atoms with Crippen molar-refractivity contribution in [3.63, 3.8) is 0 Å². The Morgan fingerprint density at radius 3 is 2.15 bits per heavy atom. The van der Waals surface area contributed by atoms with Crippen LogP contribution in [-0.2, 0) is 24.4 Å². The number of anilines is 3. The van der Waals surface area contributed by atoms with Crippen LogP contribution in [-0.4, -0.2) is 52.6 Å². The maximum Gasteiger partial charge on any atom is 0.264 e. The van der Waals surface area contributed by atoms with E-state index in [0.29, 0.717) is 33.5 Å². The van der Waals surface area contributed by atoms with Gasteiger partial charge in [-0.25, -0.2) is 13.8 Å². The SMILES string of the molecule is COc1ccc(N(CC(=O)N/N=C\c2ccc(OCC(=O)Nc3cccc(Cl)c3)cc2)S(=O)(=O)c2ccc(NC(C)=O)cc2)cc1. The highest BCUT2D eigenvalue weighted by molar-refractivity contribution is 7.92. The quantitative estimate of drug-likeness (QED) is 0.139. The third-order valence-corrected chi connectivity index (χ3v) is 8.19. The molecule has 0 unspecified atom stereocenters. The van der Waals surface area contributed by atoms with Crippen LogP contribution < -0.4 is 29.8 Å². The zero-order valence-electron chi connectivity index (χ0n) is 24.8. The molecule has 0 bridgehead atoms. The van der Waals surface area contributed by atoms with Crippen molar-refractivity contribution in [3.05, 3.63) is 108 Å². The molecular weight excluding hydrogens is 634 g/mol. The van der Waals surface area contributed by atoms with Crippen LogP contribution in [0, 0.1) is 0 Å². The number of amides is 3. The zero-order chi connectivity index (χ0) is 33.1. The average Bonchev–Trinajstić information content (AvgIpc) is 3.03. The van der Waals surface area contributed by atoms with Crippen LogP contribution in [0.25, 0.3) is 0 Å². The van der Waals surface area contributed by atoms with Crippen molar-refractivity contribution in [1.29, 1.82) is 0 Å². The molecule has 0 saturated carbocycles. The predicted octanol–water partition coefficient (Wildman–Crippen LogP) is 4.67. The second-order valence-electron chi connectivity index (χ2n) is 9.62. The molecule has 0 aliphatic carbocycles. The molecule has 0 saturated heterocycles. The first kappa shape index (κ1) is 33.5. The Hall–Kier alpha value is -5.40. The smallest absolute Gasteiger partial charge is 0.264 e. The van der Waals surface area contributed by atoms with E-state index in [1.807, 2.05) is 0 Å². The molecule has 0 aliphatic heterocycles. The monoisotopic (exact) mass is 663 g/mol. The van der Waals surface area contributed by atoms with Gasteiger partial charge in [-0.2, -0.15) is 5.10 Å². The Bertz CT molecular complexity index is 1820. The molecule has 0 aliphatic rings. The molecule has 238 valence electrons. The van der Waals surface area contributed by atoms with Gasteiger partial charge in [0.05, 0.1) is 23.9 Å². The van der Waals surface area contributed by atoms with Crippen LogP contribution in [0.4, 0.5) is 17.1 Å². The molecule has 0 aromatic heterocycles. The van der Waals surface area contributed by atoms with Crippen molar-refractivity contribution >= 4 is 62.6 Å². The first-order chi connectivity index (χ1) is 22.0. The third-order valence-electron chi connectivity index (χ3n) is 6.17. The second-order valence-corrected chi connectivity index (χ2v) is 11.9. The number of nitrogens with one attached hydrogen (secondary N) is 3. The van der Waals surface area contributed by atoms with Crippen LogP contribution in [0.15, 0.2) is 107 Å². The molecule has 0 atom stereocenters. The number of rotatable bonds is 13. The number of hydrogen-bond donors (Lipinski definition) is 3. The summed E-state index contributed by atoms with van der Waals surface area (Å²) in [6, 6.07) is 25.1. The molecule has 46 heavy (non-hydrogen) atoms. The summed E-state index contributed by atoms with van der Waals surface area (Å²) in [4.78, 5) is 36.3. The molecule has 12 nitrogen and oxygen atoms in total. The minimum Gasteiger partial charge on any atom is -0.497 e. The maximum atomic E-state index is 13.6. The van der Waals surface area contributed by atoms with E-state index in [9.17, 15) is 22.8 Å². The number of methoxy groups -OCH3 is 1. The Morgan fingerprint density at radius 1 is 0.848 bits per heavy atom. The number of nitrogens with zero attached hydrogens (tertiary/aromatic N) is 2. The molecule has 14 heteroatoms. The Labute approximate surface area is 271 Å². The summed E-state index contributed by atoms with van der Waals surface area (Å²) < 4.78 is 38.9. The van der Waals surface area contributed by atoms with E-state index in [0.717, 1.165) is 4.31 Å². The fraction of sp³-hybridized carbons (Fsp3) is 0.125. The number of benzene rings is 4. The summed E-state index contributed by atoms with van der Waals surface area (Å²) in [6.45, 7) is 0.543. The normalized spacial score (nSPS) is 11.0. The van der Waals surface area contributed by atoms with Crippen LogP contribution in [0.2, 0.25) is 5.02 Å². The predicted molar refractivity (Wildman–Crippen MR) is 176 cm³/mol.